The summed E-state index contributed by atoms with van der Waals surface area (Å²) >= 11 is 1.27. The van der Waals surface area contributed by atoms with Gasteiger partial charge in [0.2, 0.25) is 0 Å². The summed E-state index contributed by atoms with van der Waals surface area (Å²) in [6.45, 7) is 5.94. The van der Waals surface area contributed by atoms with Crippen molar-refractivity contribution < 1.29 is 4.74 Å². The van der Waals surface area contributed by atoms with E-state index in [1.807, 2.05) is 32.9 Å². The number of nitrogen functional groups attached to an aromatic ring is 1. The Morgan fingerprint density at radius 1 is 1.29 bits per heavy atom. The fourth-order valence-electron chi connectivity index (χ4n) is 1.44. The number of hydrogen-bond acceptors (Lipinski definition) is 5. The van der Waals surface area contributed by atoms with Crippen LogP contribution in [0.3, 0.4) is 0 Å². The lowest BCUT2D eigenvalue weighted by atomic mass is 10.1. The number of anilines is 1. The second-order valence-corrected chi connectivity index (χ2v) is 4.62. The predicted molar refractivity (Wildman–Crippen MR) is 69.7 cm³/mol. The van der Waals surface area contributed by atoms with Crippen molar-refractivity contribution in [3.05, 3.63) is 29.1 Å². The van der Waals surface area contributed by atoms with Gasteiger partial charge in [0.15, 0.2) is 0 Å². The maximum absolute atomic E-state index is 5.83. The molecule has 1 aromatic heterocycles. The third-order valence-electron chi connectivity index (χ3n) is 2.53. The van der Waals surface area contributed by atoms with Crippen LogP contribution in [-0.4, -0.2) is 9.36 Å². The SMILES string of the molecule is CCc1nsc(Oc2cc(C)c(N)cc2C)n1. The van der Waals surface area contributed by atoms with E-state index >= 15 is 0 Å². The van der Waals surface area contributed by atoms with Crippen LogP contribution in [0.25, 0.3) is 0 Å². The van der Waals surface area contributed by atoms with Gasteiger partial charge in [-0.15, -0.1) is 0 Å². The highest BCUT2D eigenvalue weighted by Gasteiger charge is 2.08. The van der Waals surface area contributed by atoms with E-state index in [4.69, 9.17) is 10.5 Å². The minimum atomic E-state index is 0.578. The maximum Gasteiger partial charge on any atom is 0.298 e. The topological polar surface area (TPSA) is 61.0 Å². The quantitative estimate of drug-likeness (QED) is 0.849. The van der Waals surface area contributed by atoms with Crippen LogP contribution >= 0.6 is 11.5 Å². The van der Waals surface area contributed by atoms with Crippen LogP contribution in [0, 0.1) is 13.8 Å². The molecule has 4 nitrogen and oxygen atoms in total. The molecule has 0 radical (unpaired) electrons. The highest BCUT2D eigenvalue weighted by Crippen LogP contribution is 2.29. The van der Waals surface area contributed by atoms with Crippen LogP contribution in [0.15, 0.2) is 12.1 Å². The first-order valence-corrected chi connectivity index (χ1v) is 6.24. The van der Waals surface area contributed by atoms with E-state index in [0.717, 1.165) is 34.8 Å². The first-order chi connectivity index (χ1) is 8.10. The Hall–Kier alpha value is -1.62. The number of nitrogens with two attached hydrogens (primary N) is 1. The van der Waals surface area contributed by atoms with Gasteiger partial charge >= 0.3 is 0 Å². The molecule has 0 aliphatic rings. The average Bonchev–Trinajstić information content (AvgIpc) is 2.73. The Balaban J connectivity index is 2.26. The predicted octanol–water partition coefficient (Wildman–Crippen LogP) is 3.09. The molecule has 17 heavy (non-hydrogen) atoms. The van der Waals surface area contributed by atoms with E-state index in [0.29, 0.717) is 5.19 Å². The Morgan fingerprint density at radius 2 is 2.06 bits per heavy atom. The van der Waals surface area contributed by atoms with Crippen LogP contribution in [-0.2, 0) is 6.42 Å². The summed E-state index contributed by atoms with van der Waals surface area (Å²) in [5.41, 5.74) is 8.61. The zero-order valence-corrected chi connectivity index (χ0v) is 11.0. The lowest BCUT2D eigenvalue weighted by molar-refractivity contribution is 0.473. The molecule has 0 saturated heterocycles. The highest BCUT2D eigenvalue weighted by molar-refractivity contribution is 7.07. The van der Waals surface area contributed by atoms with Gasteiger partial charge in [0, 0.05) is 23.6 Å². The second-order valence-electron chi connectivity index (χ2n) is 3.91. The lowest BCUT2D eigenvalue weighted by Gasteiger charge is -2.08. The van der Waals surface area contributed by atoms with Crippen molar-refractivity contribution in [2.45, 2.75) is 27.2 Å². The van der Waals surface area contributed by atoms with E-state index in [1.54, 1.807) is 0 Å². The molecule has 5 heteroatoms. The van der Waals surface area contributed by atoms with E-state index in [2.05, 4.69) is 9.36 Å². The van der Waals surface area contributed by atoms with Crippen molar-refractivity contribution in [2.75, 3.05) is 5.73 Å². The minimum absolute atomic E-state index is 0.578. The molecule has 0 bridgehead atoms. The Morgan fingerprint density at radius 3 is 2.71 bits per heavy atom. The van der Waals surface area contributed by atoms with E-state index < -0.39 is 0 Å². The maximum atomic E-state index is 5.83. The fourth-order valence-corrected chi connectivity index (χ4v) is 2.07. The van der Waals surface area contributed by atoms with Crippen LogP contribution < -0.4 is 10.5 Å². The molecule has 0 atom stereocenters. The Bertz CT molecular complexity index is 537. The molecular weight excluding hydrogens is 234 g/mol. The van der Waals surface area contributed by atoms with Crippen LogP contribution in [0.5, 0.6) is 10.9 Å². The summed E-state index contributed by atoms with van der Waals surface area (Å²) in [6.07, 6.45) is 0.819. The summed E-state index contributed by atoms with van der Waals surface area (Å²) in [5.74, 6) is 1.60. The van der Waals surface area contributed by atoms with Crippen molar-refractivity contribution in [1.29, 1.82) is 0 Å². The first-order valence-electron chi connectivity index (χ1n) is 5.47. The molecule has 2 N–H and O–H groups in total. The second kappa shape index (κ2) is 4.71. The number of nitrogens with zero attached hydrogens (tertiary/aromatic N) is 2. The molecule has 0 fully saturated rings. The van der Waals surface area contributed by atoms with Crippen molar-refractivity contribution >= 4 is 17.2 Å². The van der Waals surface area contributed by atoms with E-state index in [9.17, 15) is 0 Å². The third-order valence-corrected chi connectivity index (χ3v) is 3.16. The molecular formula is C12H15N3OS. The van der Waals surface area contributed by atoms with Crippen LogP contribution in [0.4, 0.5) is 5.69 Å². The van der Waals surface area contributed by atoms with E-state index in [-0.39, 0.29) is 0 Å². The van der Waals surface area contributed by atoms with Gasteiger partial charge in [-0.3, -0.25) is 0 Å². The summed E-state index contributed by atoms with van der Waals surface area (Å²) in [6, 6.07) is 3.84. The smallest absolute Gasteiger partial charge is 0.298 e. The van der Waals surface area contributed by atoms with Gasteiger partial charge < -0.3 is 10.5 Å². The summed E-state index contributed by atoms with van der Waals surface area (Å²) in [5, 5.41) is 0.578. The van der Waals surface area contributed by atoms with Crippen molar-refractivity contribution in [3.8, 4) is 10.9 Å². The van der Waals surface area contributed by atoms with E-state index in [1.165, 1.54) is 11.5 Å². The Kier molecular flexibility index (Phi) is 3.28. The number of hydrogen-bond donors (Lipinski definition) is 1. The molecule has 0 unspecified atom stereocenters. The molecule has 0 saturated carbocycles. The van der Waals surface area contributed by atoms with Gasteiger partial charge in [0.1, 0.15) is 11.6 Å². The summed E-state index contributed by atoms with van der Waals surface area (Å²) in [4.78, 5) is 4.27. The standard InChI is InChI=1S/C12H15N3OS/c1-4-11-14-12(17-15-11)16-10-6-7(2)9(13)5-8(10)3/h5-6H,4,13H2,1-3H3. The molecule has 0 aliphatic carbocycles. The normalized spacial score (nSPS) is 10.5. The minimum Gasteiger partial charge on any atom is -0.430 e. The van der Waals surface area contributed by atoms with Gasteiger partial charge in [-0.2, -0.15) is 9.36 Å². The van der Waals surface area contributed by atoms with Gasteiger partial charge in [0.25, 0.3) is 5.19 Å². The number of aromatic nitrogens is 2. The van der Waals surface area contributed by atoms with Crippen molar-refractivity contribution in [2.24, 2.45) is 0 Å². The molecule has 1 heterocycles. The Labute approximate surface area is 105 Å². The van der Waals surface area contributed by atoms with Crippen molar-refractivity contribution in [3.63, 3.8) is 0 Å². The lowest BCUT2D eigenvalue weighted by Crippen LogP contribution is -1.94. The largest absolute Gasteiger partial charge is 0.430 e. The average molecular weight is 249 g/mol. The highest BCUT2D eigenvalue weighted by atomic mass is 32.1. The van der Waals surface area contributed by atoms with Crippen molar-refractivity contribution in [1.82, 2.24) is 9.36 Å². The molecule has 0 spiro atoms. The van der Waals surface area contributed by atoms with Crippen LogP contribution in [0.2, 0.25) is 0 Å². The number of benzene rings is 1. The zero-order valence-electron chi connectivity index (χ0n) is 10.2. The first kappa shape index (κ1) is 11.9. The monoisotopic (exact) mass is 249 g/mol. The molecule has 0 aliphatic heterocycles. The van der Waals surface area contributed by atoms with Gasteiger partial charge in [0.05, 0.1) is 0 Å². The van der Waals surface area contributed by atoms with Crippen LogP contribution in [0.1, 0.15) is 23.9 Å². The molecule has 1 aromatic carbocycles. The number of rotatable bonds is 3. The number of aryl methyl sites for hydroxylation is 3. The molecule has 0 amide bonds. The summed E-state index contributed by atoms with van der Waals surface area (Å²) in [7, 11) is 0. The van der Waals surface area contributed by atoms with Gasteiger partial charge in [-0.1, -0.05) is 6.92 Å². The molecule has 2 rings (SSSR count). The zero-order chi connectivity index (χ0) is 12.4. The van der Waals surface area contributed by atoms with Gasteiger partial charge in [-0.25, -0.2) is 0 Å². The fraction of sp³-hybridized carbons (Fsp3) is 0.333. The third kappa shape index (κ3) is 2.55. The molecule has 2 aromatic rings. The number of ether oxygens (including phenoxy) is 1. The van der Waals surface area contributed by atoms with Gasteiger partial charge in [-0.05, 0) is 37.1 Å². The summed E-state index contributed by atoms with van der Waals surface area (Å²) < 4.78 is 9.90. The molecule has 90 valence electrons.